The molecule has 0 fully saturated rings. The van der Waals surface area contributed by atoms with Gasteiger partial charge in [0, 0.05) is 11.1 Å². The van der Waals surface area contributed by atoms with E-state index in [1.807, 2.05) is 72.8 Å². The van der Waals surface area contributed by atoms with E-state index in [-0.39, 0.29) is 11.3 Å². The zero-order chi connectivity index (χ0) is 20.8. The Labute approximate surface area is 173 Å². The summed E-state index contributed by atoms with van der Waals surface area (Å²) >= 11 is 0. The molecule has 0 bridgehead atoms. The van der Waals surface area contributed by atoms with Gasteiger partial charge in [0.15, 0.2) is 11.4 Å². The average molecular weight is 403 g/mol. The highest BCUT2D eigenvalue weighted by Crippen LogP contribution is 2.51. The molecule has 0 spiro atoms. The second-order valence-corrected chi connectivity index (χ2v) is 14.1. The second kappa shape index (κ2) is 6.97. The molecule has 1 aliphatic carbocycles. The maximum atomic E-state index is 13.8. The molecule has 0 saturated heterocycles. The number of hydrogen-bond donors (Lipinski definition) is 1. The van der Waals surface area contributed by atoms with E-state index >= 15 is 0 Å². The summed E-state index contributed by atoms with van der Waals surface area (Å²) in [5, 5.41) is 12.3. The zero-order valence-electron chi connectivity index (χ0n) is 17.3. The van der Waals surface area contributed by atoms with Crippen LogP contribution in [-0.2, 0) is 5.60 Å². The topological polar surface area (TPSA) is 46.5 Å². The molecule has 0 aliphatic heterocycles. The molecule has 1 aliphatic rings. The van der Waals surface area contributed by atoms with Crippen LogP contribution in [0, 0.1) is 0 Å². The van der Waals surface area contributed by atoms with Crippen molar-refractivity contribution in [3.05, 3.63) is 89.5 Å². The number of fused-ring (bicyclic) bond motifs is 3. The molecule has 3 aromatic carbocycles. The van der Waals surface area contributed by atoms with Gasteiger partial charge in [-0.05, 0) is 34.4 Å². The summed E-state index contributed by atoms with van der Waals surface area (Å²) < 4.78 is 5.31. The van der Waals surface area contributed by atoms with Crippen molar-refractivity contribution in [1.82, 2.24) is 0 Å². The van der Waals surface area contributed by atoms with E-state index in [1.165, 1.54) is 0 Å². The molecular formula is C25H26O3Si. The van der Waals surface area contributed by atoms with Crippen LogP contribution < -0.4 is 4.74 Å². The number of Topliss-reactive ketones (excluding diaryl/α,β-unsaturated/α-hetero) is 1. The maximum absolute atomic E-state index is 13.8. The van der Waals surface area contributed by atoms with Crippen LogP contribution in [0.1, 0.15) is 27.0 Å². The molecule has 3 aromatic rings. The van der Waals surface area contributed by atoms with Crippen molar-refractivity contribution in [2.24, 2.45) is 0 Å². The Hall–Kier alpha value is -2.69. The maximum Gasteiger partial charge on any atom is 0.199 e. The summed E-state index contributed by atoms with van der Waals surface area (Å²) in [6.45, 7) is 6.61. The highest BCUT2D eigenvalue weighted by Gasteiger charge is 2.54. The predicted octanol–water partition coefficient (Wildman–Crippen LogP) is 5.41. The van der Waals surface area contributed by atoms with E-state index in [1.54, 1.807) is 7.11 Å². The zero-order valence-corrected chi connectivity index (χ0v) is 18.3. The van der Waals surface area contributed by atoms with Crippen LogP contribution in [0.4, 0.5) is 0 Å². The van der Waals surface area contributed by atoms with Crippen LogP contribution in [-0.4, -0.2) is 26.1 Å². The summed E-state index contributed by atoms with van der Waals surface area (Å²) in [5.41, 5.74) is 2.17. The van der Waals surface area contributed by atoms with Gasteiger partial charge in [-0.15, -0.1) is 0 Å². The molecule has 0 aromatic heterocycles. The lowest BCUT2D eigenvalue weighted by Crippen LogP contribution is -2.52. The molecule has 4 rings (SSSR count). The summed E-state index contributed by atoms with van der Waals surface area (Å²) in [6.07, 6.45) is 0. The summed E-state index contributed by atoms with van der Waals surface area (Å²) in [7, 11) is -0.423. The van der Waals surface area contributed by atoms with Gasteiger partial charge in [-0.3, -0.25) is 4.79 Å². The van der Waals surface area contributed by atoms with Gasteiger partial charge >= 0.3 is 0 Å². The first-order valence-corrected chi connectivity index (χ1v) is 13.5. The number of benzene rings is 3. The second-order valence-electron chi connectivity index (χ2n) is 8.76. The number of ketones is 1. The normalized spacial score (nSPS) is 19.3. The average Bonchev–Trinajstić information content (AvgIpc) is 2.72. The third-order valence-electron chi connectivity index (χ3n) is 5.88. The summed E-state index contributed by atoms with van der Waals surface area (Å²) in [5.74, 6) is 0.547. The van der Waals surface area contributed by atoms with E-state index in [4.69, 9.17) is 4.74 Å². The van der Waals surface area contributed by atoms with Crippen LogP contribution in [0.2, 0.25) is 19.6 Å². The molecule has 148 valence electrons. The van der Waals surface area contributed by atoms with Crippen molar-refractivity contribution < 1.29 is 14.6 Å². The van der Waals surface area contributed by atoms with Gasteiger partial charge in [0.05, 0.1) is 15.2 Å². The molecule has 2 atom stereocenters. The first-order chi connectivity index (χ1) is 13.8. The van der Waals surface area contributed by atoms with E-state index in [9.17, 15) is 9.90 Å². The van der Waals surface area contributed by atoms with Crippen molar-refractivity contribution >= 4 is 13.9 Å². The number of carbonyl (C=O) groups excluding carboxylic acids is 1. The molecule has 0 amide bonds. The Bertz CT molecular complexity index is 1070. The number of ether oxygens (including phenoxy) is 1. The van der Waals surface area contributed by atoms with Crippen LogP contribution in [0.5, 0.6) is 5.75 Å². The van der Waals surface area contributed by atoms with Gasteiger partial charge in [-0.2, -0.15) is 0 Å². The van der Waals surface area contributed by atoms with E-state index in [0.29, 0.717) is 11.1 Å². The molecule has 4 heteroatoms. The van der Waals surface area contributed by atoms with Crippen molar-refractivity contribution in [3.63, 3.8) is 0 Å². The third kappa shape index (κ3) is 3.03. The standard InChI is InChI=1S/C25H26O3Si/c1-28-18-15-13-17(14-16-18)24(29(2,3)4)25(27)22-12-8-7-10-20(22)19-9-5-6-11-21(19)23(25)26/h5-16,24,27H,1-4H3. The number of carbonyl (C=O) groups is 1. The lowest BCUT2D eigenvalue weighted by Gasteiger charge is -2.45. The van der Waals surface area contributed by atoms with Gasteiger partial charge < -0.3 is 9.84 Å². The quantitative estimate of drug-likeness (QED) is 0.594. The number of aliphatic hydroxyl groups is 1. The lowest BCUT2D eigenvalue weighted by atomic mass is 9.71. The van der Waals surface area contributed by atoms with Crippen LogP contribution in [0.25, 0.3) is 11.1 Å². The minimum Gasteiger partial charge on any atom is -0.497 e. The van der Waals surface area contributed by atoms with E-state index < -0.39 is 13.7 Å². The Morgan fingerprint density at radius 3 is 1.97 bits per heavy atom. The monoisotopic (exact) mass is 402 g/mol. The van der Waals surface area contributed by atoms with Gasteiger partial charge in [-0.1, -0.05) is 80.3 Å². The van der Waals surface area contributed by atoms with Crippen LogP contribution in [0.15, 0.2) is 72.8 Å². The fraction of sp³-hybridized carbons (Fsp3) is 0.240. The minimum atomic E-state index is -2.06. The molecule has 0 saturated carbocycles. The van der Waals surface area contributed by atoms with Gasteiger partial charge in [0.2, 0.25) is 0 Å². The molecule has 1 N–H and O–H groups in total. The Morgan fingerprint density at radius 1 is 0.828 bits per heavy atom. The SMILES string of the molecule is COc1ccc(C(C2(O)C(=O)c3ccccc3-c3ccccc32)[Si](C)(C)C)cc1. The van der Waals surface area contributed by atoms with Crippen molar-refractivity contribution in [3.8, 4) is 16.9 Å². The Balaban J connectivity index is 2.00. The molecule has 29 heavy (non-hydrogen) atoms. The van der Waals surface area contributed by atoms with Crippen molar-refractivity contribution in [1.29, 1.82) is 0 Å². The highest BCUT2D eigenvalue weighted by atomic mass is 28.3. The molecule has 0 radical (unpaired) electrons. The molecular weight excluding hydrogens is 376 g/mol. The number of hydrogen-bond acceptors (Lipinski definition) is 3. The third-order valence-corrected chi connectivity index (χ3v) is 8.36. The fourth-order valence-electron chi connectivity index (χ4n) is 4.74. The molecule has 3 nitrogen and oxygen atoms in total. The van der Waals surface area contributed by atoms with Crippen LogP contribution in [0.3, 0.4) is 0 Å². The first-order valence-electron chi connectivity index (χ1n) is 9.88. The van der Waals surface area contributed by atoms with Crippen LogP contribution >= 0.6 is 0 Å². The Morgan fingerprint density at radius 2 is 1.38 bits per heavy atom. The minimum absolute atomic E-state index is 0.213. The number of methoxy groups -OCH3 is 1. The van der Waals surface area contributed by atoms with E-state index in [0.717, 1.165) is 22.4 Å². The smallest absolute Gasteiger partial charge is 0.199 e. The first kappa shape index (κ1) is 19.6. The van der Waals surface area contributed by atoms with Gasteiger partial charge in [-0.25, -0.2) is 0 Å². The largest absolute Gasteiger partial charge is 0.497 e. The van der Waals surface area contributed by atoms with E-state index in [2.05, 4.69) is 19.6 Å². The lowest BCUT2D eigenvalue weighted by molar-refractivity contribution is 0.0248. The molecule has 2 unspecified atom stereocenters. The number of rotatable bonds is 4. The van der Waals surface area contributed by atoms with Crippen molar-refractivity contribution in [2.45, 2.75) is 30.8 Å². The highest BCUT2D eigenvalue weighted by molar-refractivity contribution is 6.78. The van der Waals surface area contributed by atoms with Gasteiger partial charge in [0.1, 0.15) is 5.75 Å². The summed E-state index contributed by atoms with van der Waals surface area (Å²) in [4.78, 5) is 13.8. The predicted molar refractivity (Wildman–Crippen MR) is 119 cm³/mol. The Kier molecular flexibility index (Phi) is 4.72. The fourth-order valence-corrected chi connectivity index (χ4v) is 7.48. The summed E-state index contributed by atoms with van der Waals surface area (Å²) in [6, 6.07) is 23.1. The molecule has 0 heterocycles. The van der Waals surface area contributed by atoms with Crippen molar-refractivity contribution in [2.75, 3.05) is 7.11 Å². The van der Waals surface area contributed by atoms with Gasteiger partial charge in [0.25, 0.3) is 0 Å².